The molecule has 0 aromatic heterocycles. The van der Waals surface area contributed by atoms with E-state index in [1.54, 1.807) is 0 Å². The summed E-state index contributed by atoms with van der Waals surface area (Å²) in [6, 6.07) is 0. The highest BCUT2D eigenvalue weighted by molar-refractivity contribution is 4.56. The van der Waals surface area contributed by atoms with Crippen molar-refractivity contribution in [3.63, 3.8) is 0 Å². The third-order valence-corrected chi connectivity index (χ3v) is 3.17. The number of hydrogen-bond donors (Lipinski definition) is 1. The lowest BCUT2D eigenvalue weighted by Gasteiger charge is -2.10. The first kappa shape index (κ1) is 16.9. The molecule has 0 saturated heterocycles. The van der Waals surface area contributed by atoms with Gasteiger partial charge in [-0.15, -0.1) is 0 Å². The maximum Gasteiger partial charge on any atom is 0.0541 e. The third kappa shape index (κ3) is 13.9. The zero-order chi connectivity index (χ0) is 12.8. The molecular weight excluding hydrogens is 212 g/mol. The summed E-state index contributed by atoms with van der Waals surface area (Å²) in [5.74, 6) is 0. The molecule has 0 heterocycles. The standard InChI is InChI=1S/C15H32O2/c1-3-5-6-7-8-9-10-12-15(16)13-11-14-17-4-2/h15-16H,3-14H2,1-2H3. The van der Waals surface area contributed by atoms with Gasteiger partial charge < -0.3 is 9.84 Å². The first-order valence-electron chi connectivity index (χ1n) is 7.57. The highest BCUT2D eigenvalue weighted by atomic mass is 16.5. The lowest BCUT2D eigenvalue weighted by Crippen LogP contribution is -2.08. The zero-order valence-corrected chi connectivity index (χ0v) is 11.9. The van der Waals surface area contributed by atoms with E-state index in [2.05, 4.69) is 6.92 Å². The quantitative estimate of drug-likeness (QED) is 0.489. The minimum absolute atomic E-state index is 0.105. The Bertz CT molecular complexity index is 137. The number of aliphatic hydroxyl groups is 1. The second-order valence-corrected chi connectivity index (χ2v) is 4.90. The molecule has 0 bridgehead atoms. The molecule has 0 aliphatic carbocycles. The molecule has 17 heavy (non-hydrogen) atoms. The molecule has 0 fully saturated rings. The molecule has 0 amide bonds. The van der Waals surface area contributed by atoms with Crippen LogP contribution >= 0.6 is 0 Å². The summed E-state index contributed by atoms with van der Waals surface area (Å²) in [4.78, 5) is 0. The van der Waals surface area contributed by atoms with E-state index in [9.17, 15) is 5.11 Å². The summed E-state index contributed by atoms with van der Waals surface area (Å²) in [6.07, 6.45) is 12.0. The summed E-state index contributed by atoms with van der Waals surface area (Å²) >= 11 is 0. The second kappa shape index (κ2) is 14.0. The minimum atomic E-state index is -0.105. The number of unbranched alkanes of at least 4 members (excludes halogenated alkanes) is 6. The normalized spacial score (nSPS) is 12.9. The first-order valence-corrected chi connectivity index (χ1v) is 7.57. The first-order chi connectivity index (χ1) is 8.31. The van der Waals surface area contributed by atoms with Gasteiger partial charge in [-0.2, -0.15) is 0 Å². The van der Waals surface area contributed by atoms with Gasteiger partial charge in [0.2, 0.25) is 0 Å². The summed E-state index contributed by atoms with van der Waals surface area (Å²) < 4.78 is 5.25. The van der Waals surface area contributed by atoms with Crippen LogP contribution in [0.5, 0.6) is 0 Å². The van der Waals surface area contributed by atoms with Crippen LogP contribution in [0.4, 0.5) is 0 Å². The van der Waals surface area contributed by atoms with Crippen LogP contribution < -0.4 is 0 Å². The zero-order valence-electron chi connectivity index (χ0n) is 11.9. The van der Waals surface area contributed by atoms with E-state index in [1.165, 1.54) is 44.9 Å². The molecular formula is C15H32O2. The monoisotopic (exact) mass is 244 g/mol. The molecule has 0 spiro atoms. The van der Waals surface area contributed by atoms with Gasteiger partial charge in [0.25, 0.3) is 0 Å². The third-order valence-electron chi connectivity index (χ3n) is 3.17. The van der Waals surface area contributed by atoms with Crippen molar-refractivity contribution in [3.05, 3.63) is 0 Å². The predicted octanol–water partition coefficient (Wildman–Crippen LogP) is 4.30. The van der Waals surface area contributed by atoms with Crippen molar-refractivity contribution in [1.82, 2.24) is 0 Å². The Labute approximate surface area is 108 Å². The Morgan fingerprint density at radius 2 is 1.41 bits per heavy atom. The lowest BCUT2D eigenvalue weighted by atomic mass is 10.0. The fourth-order valence-electron chi connectivity index (χ4n) is 2.05. The second-order valence-electron chi connectivity index (χ2n) is 4.90. The minimum Gasteiger partial charge on any atom is -0.393 e. The van der Waals surface area contributed by atoms with Gasteiger partial charge in [0.05, 0.1) is 6.10 Å². The van der Waals surface area contributed by atoms with Crippen molar-refractivity contribution in [1.29, 1.82) is 0 Å². The fourth-order valence-corrected chi connectivity index (χ4v) is 2.05. The Balaban J connectivity index is 3.08. The molecule has 0 aliphatic rings. The van der Waals surface area contributed by atoms with Crippen molar-refractivity contribution < 1.29 is 9.84 Å². The average molecular weight is 244 g/mol. The largest absolute Gasteiger partial charge is 0.393 e. The van der Waals surface area contributed by atoms with E-state index in [0.717, 1.165) is 32.5 Å². The summed E-state index contributed by atoms with van der Waals surface area (Å²) in [5.41, 5.74) is 0. The summed E-state index contributed by atoms with van der Waals surface area (Å²) in [7, 11) is 0. The molecule has 0 aliphatic heterocycles. The van der Waals surface area contributed by atoms with Gasteiger partial charge in [-0.25, -0.2) is 0 Å². The van der Waals surface area contributed by atoms with Crippen LogP contribution in [0.3, 0.4) is 0 Å². The van der Waals surface area contributed by atoms with Gasteiger partial charge in [0.1, 0.15) is 0 Å². The molecule has 1 unspecified atom stereocenters. The summed E-state index contributed by atoms with van der Waals surface area (Å²) in [6.45, 7) is 5.84. The molecule has 1 atom stereocenters. The molecule has 2 nitrogen and oxygen atoms in total. The highest BCUT2D eigenvalue weighted by Gasteiger charge is 2.03. The average Bonchev–Trinajstić information content (AvgIpc) is 2.33. The van der Waals surface area contributed by atoms with E-state index < -0.39 is 0 Å². The molecule has 0 aromatic carbocycles. The molecule has 0 radical (unpaired) electrons. The van der Waals surface area contributed by atoms with E-state index in [-0.39, 0.29) is 6.10 Å². The SMILES string of the molecule is CCCCCCCCCC(O)CCCOCC. The van der Waals surface area contributed by atoms with Crippen molar-refractivity contribution in [3.8, 4) is 0 Å². The molecule has 0 saturated carbocycles. The van der Waals surface area contributed by atoms with E-state index in [1.807, 2.05) is 6.92 Å². The lowest BCUT2D eigenvalue weighted by molar-refractivity contribution is 0.109. The smallest absolute Gasteiger partial charge is 0.0541 e. The van der Waals surface area contributed by atoms with Gasteiger partial charge in [0, 0.05) is 13.2 Å². The number of rotatable bonds is 13. The molecule has 1 N–H and O–H groups in total. The number of hydrogen-bond acceptors (Lipinski definition) is 2. The van der Waals surface area contributed by atoms with Gasteiger partial charge in [-0.1, -0.05) is 51.9 Å². The Morgan fingerprint density at radius 3 is 2.06 bits per heavy atom. The van der Waals surface area contributed by atoms with Gasteiger partial charge in [0.15, 0.2) is 0 Å². The topological polar surface area (TPSA) is 29.5 Å². The maximum absolute atomic E-state index is 9.73. The molecule has 104 valence electrons. The van der Waals surface area contributed by atoms with Gasteiger partial charge in [-0.05, 0) is 26.2 Å². The predicted molar refractivity (Wildman–Crippen MR) is 74.3 cm³/mol. The van der Waals surface area contributed by atoms with Crippen molar-refractivity contribution >= 4 is 0 Å². The number of ether oxygens (including phenoxy) is 1. The Hall–Kier alpha value is -0.0800. The Morgan fingerprint density at radius 1 is 0.824 bits per heavy atom. The van der Waals surface area contributed by atoms with E-state index >= 15 is 0 Å². The van der Waals surface area contributed by atoms with Crippen LogP contribution in [-0.2, 0) is 4.74 Å². The van der Waals surface area contributed by atoms with E-state index in [0.29, 0.717) is 0 Å². The van der Waals surface area contributed by atoms with E-state index in [4.69, 9.17) is 4.74 Å². The van der Waals surface area contributed by atoms with Gasteiger partial charge >= 0.3 is 0 Å². The van der Waals surface area contributed by atoms with Crippen LogP contribution in [0.1, 0.15) is 78.1 Å². The Kier molecular flexibility index (Phi) is 13.9. The highest BCUT2D eigenvalue weighted by Crippen LogP contribution is 2.11. The maximum atomic E-state index is 9.73. The van der Waals surface area contributed by atoms with Gasteiger partial charge in [-0.3, -0.25) is 0 Å². The van der Waals surface area contributed by atoms with Crippen molar-refractivity contribution in [2.24, 2.45) is 0 Å². The molecule has 2 heteroatoms. The van der Waals surface area contributed by atoms with Crippen LogP contribution in [0.2, 0.25) is 0 Å². The fraction of sp³-hybridized carbons (Fsp3) is 1.00. The van der Waals surface area contributed by atoms with Crippen molar-refractivity contribution in [2.45, 2.75) is 84.2 Å². The van der Waals surface area contributed by atoms with Crippen LogP contribution in [0, 0.1) is 0 Å². The van der Waals surface area contributed by atoms with Crippen LogP contribution in [0.15, 0.2) is 0 Å². The summed E-state index contributed by atoms with van der Waals surface area (Å²) in [5, 5.41) is 9.73. The van der Waals surface area contributed by atoms with Crippen LogP contribution in [-0.4, -0.2) is 24.4 Å². The van der Waals surface area contributed by atoms with Crippen molar-refractivity contribution in [2.75, 3.05) is 13.2 Å². The number of aliphatic hydroxyl groups excluding tert-OH is 1. The van der Waals surface area contributed by atoms with Crippen LogP contribution in [0.25, 0.3) is 0 Å². The molecule has 0 rings (SSSR count). The molecule has 0 aromatic rings.